The monoisotopic (exact) mass is 213 g/mol. The zero-order chi connectivity index (χ0) is 10.5. The number of carbonyl (C=O) groups is 1. The second kappa shape index (κ2) is 5.47. The lowest BCUT2D eigenvalue weighted by atomic mass is 10.2. The second-order valence-corrected chi connectivity index (χ2v) is 4.38. The maximum Gasteiger partial charge on any atom is 0.307 e. The third-order valence-corrected chi connectivity index (χ3v) is 2.90. The van der Waals surface area contributed by atoms with Crippen molar-refractivity contribution < 1.29 is 14.3 Å². The Morgan fingerprint density at radius 1 is 1.47 bits per heavy atom. The summed E-state index contributed by atoms with van der Waals surface area (Å²) < 4.78 is 10.4. The van der Waals surface area contributed by atoms with Crippen LogP contribution in [0.2, 0.25) is 0 Å². The number of ether oxygens (including phenoxy) is 2. The molecular weight excluding hydrogens is 194 g/mol. The lowest BCUT2D eigenvalue weighted by Gasteiger charge is -2.22. The Balaban J connectivity index is 1.54. The molecule has 0 bridgehead atoms. The summed E-state index contributed by atoms with van der Waals surface area (Å²) in [5.41, 5.74) is 0. The van der Waals surface area contributed by atoms with Crippen LogP contribution in [0.5, 0.6) is 0 Å². The first kappa shape index (κ1) is 10.9. The van der Waals surface area contributed by atoms with Crippen molar-refractivity contribution in [2.24, 2.45) is 5.92 Å². The molecule has 0 spiro atoms. The molecule has 0 aromatic rings. The zero-order valence-electron chi connectivity index (χ0n) is 9.04. The summed E-state index contributed by atoms with van der Waals surface area (Å²) in [6.45, 7) is 2.79. The topological polar surface area (TPSA) is 47.6 Å². The van der Waals surface area contributed by atoms with Gasteiger partial charge in [-0.1, -0.05) is 12.8 Å². The first-order valence-corrected chi connectivity index (χ1v) is 5.81. The fraction of sp³-hybridized carbons (Fsp3) is 0.909. The number of nitrogens with one attached hydrogen (secondary N) is 1. The SMILES string of the molecule is O=C(CC1COCCN1)OCCC1CC1. The minimum Gasteiger partial charge on any atom is -0.466 e. The average Bonchev–Trinajstić information content (AvgIpc) is 3.03. The summed E-state index contributed by atoms with van der Waals surface area (Å²) in [6, 6.07) is 0.146. The minimum absolute atomic E-state index is 0.0985. The van der Waals surface area contributed by atoms with Gasteiger partial charge >= 0.3 is 5.97 Å². The molecule has 1 aliphatic carbocycles. The summed E-state index contributed by atoms with van der Waals surface area (Å²) in [4.78, 5) is 11.4. The van der Waals surface area contributed by atoms with E-state index in [4.69, 9.17) is 9.47 Å². The van der Waals surface area contributed by atoms with Gasteiger partial charge in [-0.3, -0.25) is 4.79 Å². The third kappa shape index (κ3) is 4.18. The molecule has 4 nitrogen and oxygen atoms in total. The van der Waals surface area contributed by atoms with Gasteiger partial charge in [0.05, 0.1) is 26.2 Å². The molecule has 15 heavy (non-hydrogen) atoms. The molecule has 1 unspecified atom stereocenters. The Morgan fingerprint density at radius 2 is 2.33 bits per heavy atom. The second-order valence-electron chi connectivity index (χ2n) is 4.38. The normalized spacial score (nSPS) is 26.3. The number of rotatable bonds is 5. The van der Waals surface area contributed by atoms with Crippen molar-refractivity contribution in [3.63, 3.8) is 0 Å². The van der Waals surface area contributed by atoms with Crippen LogP contribution in [-0.4, -0.2) is 38.4 Å². The third-order valence-electron chi connectivity index (χ3n) is 2.90. The van der Waals surface area contributed by atoms with Crippen LogP contribution < -0.4 is 5.32 Å². The van der Waals surface area contributed by atoms with E-state index in [1.54, 1.807) is 0 Å². The number of hydrogen-bond donors (Lipinski definition) is 1. The van der Waals surface area contributed by atoms with Gasteiger partial charge in [-0.05, 0) is 12.3 Å². The molecule has 0 aromatic heterocycles. The first-order valence-electron chi connectivity index (χ1n) is 5.81. The molecule has 0 amide bonds. The van der Waals surface area contributed by atoms with E-state index in [1.165, 1.54) is 12.8 Å². The molecule has 1 aliphatic heterocycles. The quantitative estimate of drug-likeness (QED) is 0.683. The van der Waals surface area contributed by atoms with Crippen molar-refractivity contribution >= 4 is 5.97 Å². The van der Waals surface area contributed by atoms with Gasteiger partial charge in [-0.15, -0.1) is 0 Å². The van der Waals surface area contributed by atoms with Crippen LogP contribution >= 0.6 is 0 Å². The van der Waals surface area contributed by atoms with E-state index in [1.807, 2.05) is 0 Å². The van der Waals surface area contributed by atoms with Gasteiger partial charge in [0.25, 0.3) is 0 Å². The molecule has 2 fully saturated rings. The van der Waals surface area contributed by atoms with Gasteiger partial charge in [0.15, 0.2) is 0 Å². The zero-order valence-corrected chi connectivity index (χ0v) is 9.04. The van der Waals surface area contributed by atoms with Gasteiger partial charge in [-0.2, -0.15) is 0 Å². The van der Waals surface area contributed by atoms with Crippen molar-refractivity contribution in [3.8, 4) is 0 Å². The molecule has 86 valence electrons. The van der Waals surface area contributed by atoms with E-state index >= 15 is 0 Å². The largest absolute Gasteiger partial charge is 0.466 e. The molecule has 1 heterocycles. The predicted octanol–water partition coefficient (Wildman–Crippen LogP) is 0.708. The summed E-state index contributed by atoms with van der Waals surface area (Å²) in [6.07, 6.45) is 4.11. The Morgan fingerprint density at radius 3 is 3.00 bits per heavy atom. The van der Waals surface area contributed by atoms with Crippen LogP contribution in [0.3, 0.4) is 0 Å². The highest BCUT2D eigenvalue weighted by Gasteiger charge is 2.22. The molecule has 4 heteroatoms. The van der Waals surface area contributed by atoms with Gasteiger partial charge in [0.2, 0.25) is 0 Å². The van der Waals surface area contributed by atoms with Crippen molar-refractivity contribution in [3.05, 3.63) is 0 Å². The number of esters is 1. The van der Waals surface area contributed by atoms with E-state index in [-0.39, 0.29) is 12.0 Å². The first-order chi connectivity index (χ1) is 7.34. The predicted molar refractivity (Wildman–Crippen MR) is 55.5 cm³/mol. The van der Waals surface area contributed by atoms with E-state index in [9.17, 15) is 4.79 Å². The Hall–Kier alpha value is -0.610. The van der Waals surface area contributed by atoms with Gasteiger partial charge < -0.3 is 14.8 Å². The van der Waals surface area contributed by atoms with Crippen LogP contribution in [0.15, 0.2) is 0 Å². The minimum atomic E-state index is -0.0985. The van der Waals surface area contributed by atoms with Crippen molar-refractivity contribution in [2.75, 3.05) is 26.4 Å². The van der Waals surface area contributed by atoms with Crippen LogP contribution in [0.1, 0.15) is 25.7 Å². The molecule has 0 radical (unpaired) electrons. The number of morpholine rings is 1. The van der Waals surface area contributed by atoms with E-state index in [0.29, 0.717) is 19.6 Å². The van der Waals surface area contributed by atoms with E-state index in [2.05, 4.69) is 5.32 Å². The van der Waals surface area contributed by atoms with Gasteiger partial charge in [0.1, 0.15) is 0 Å². The molecule has 1 N–H and O–H groups in total. The standard InChI is InChI=1S/C11H19NO3/c13-11(15-5-3-9-1-2-9)7-10-8-14-6-4-12-10/h9-10,12H,1-8H2. The molecule has 2 aliphatic rings. The van der Waals surface area contributed by atoms with Gasteiger partial charge in [-0.25, -0.2) is 0 Å². The highest BCUT2D eigenvalue weighted by Crippen LogP contribution is 2.32. The maximum absolute atomic E-state index is 11.4. The Kier molecular flexibility index (Phi) is 3.97. The highest BCUT2D eigenvalue weighted by atomic mass is 16.5. The molecule has 1 saturated heterocycles. The smallest absolute Gasteiger partial charge is 0.307 e. The average molecular weight is 213 g/mol. The van der Waals surface area contributed by atoms with Crippen molar-refractivity contribution in [2.45, 2.75) is 31.7 Å². The summed E-state index contributed by atoms with van der Waals surface area (Å²) in [5, 5.41) is 3.24. The van der Waals surface area contributed by atoms with Crippen LogP contribution in [-0.2, 0) is 14.3 Å². The molecule has 1 atom stereocenters. The summed E-state index contributed by atoms with van der Waals surface area (Å²) >= 11 is 0. The number of hydrogen-bond acceptors (Lipinski definition) is 4. The highest BCUT2D eigenvalue weighted by molar-refractivity contribution is 5.70. The van der Waals surface area contributed by atoms with Crippen molar-refractivity contribution in [1.29, 1.82) is 0 Å². The van der Waals surface area contributed by atoms with E-state index < -0.39 is 0 Å². The van der Waals surface area contributed by atoms with Crippen LogP contribution in [0.25, 0.3) is 0 Å². The van der Waals surface area contributed by atoms with Crippen LogP contribution in [0.4, 0.5) is 0 Å². The fourth-order valence-corrected chi connectivity index (χ4v) is 1.76. The Bertz CT molecular complexity index is 210. The molecule has 1 saturated carbocycles. The summed E-state index contributed by atoms with van der Waals surface area (Å²) in [7, 11) is 0. The van der Waals surface area contributed by atoms with Crippen molar-refractivity contribution in [1.82, 2.24) is 5.32 Å². The maximum atomic E-state index is 11.4. The lowest BCUT2D eigenvalue weighted by Crippen LogP contribution is -2.42. The fourth-order valence-electron chi connectivity index (χ4n) is 1.76. The lowest BCUT2D eigenvalue weighted by molar-refractivity contribution is -0.145. The van der Waals surface area contributed by atoms with E-state index in [0.717, 1.165) is 25.5 Å². The molecule has 2 rings (SSSR count). The Labute approximate surface area is 90.3 Å². The summed E-state index contributed by atoms with van der Waals surface area (Å²) in [5.74, 6) is 0.729. The number of carbonyl (C=O) groups excluding carboxylic acids is 1. The van der Waals surface area contributed by atoms with Gasteiger partial charge in [0, 0.05) is 12.6 Å². The molecule has 0 aromatic carbocycles. The van der Waals surface area contributed by atoms with Crippen LogP contribution in [0, 0.1) is 5.92 Å². The molecular formula is C11H19NO3.